The van der Waals surface area contributed by atoms with Crippen LogP contribution in [0.4, 0.5) is 0 Å². The fourth-order valence-corrected chi connectivity index (χ4v) is 2.13. The van der Waals surface area contributed by atoms with Gasteiger partial charge in [-0.1, -0.05) is 43.3 Å². The molecule has 0 saturated carbocycles. The van der Waals surface area contributed by atoms with Crippen molar-refractivity contribution in [2.45, 2.75) is 40.5 Å². The van der Waals surface area contributed by atoms with Crippen LogP contribution in [-0.4, -0.2) is 25.2 Å². The van der Waals surface area contributed by atoms with E-state index in [1.54, 1.807) is 20.8 Å². The van der Waals surface area contributed by atoms with Crippen LogP contribution in [-0.2, 0) is 25.5 Å². The molecular formula is C19H26O4. The maximum Gasteiger partial charge on any atom is 0.323 e. The van der Waals surface area contributed by atoms with E-state index in [9.17, 15) is 9.59 Å². The van der Waals surface area contributed by atoms with Crippen LogP contribution in [0.15, 0.2) is 30.3 Å². The Morgan fingerprint density at radius 2 is 1.52 bits per heavy atom. The molecule has 0 saturated heterocycles. The zero-order chi connectivity index (χ0) is 17.3. The summed E-state index contributed by atoms with van der Waals surface area (Å²) in [6.07, 6.45) is 4.94. The smallest absolute Gasteiger partial charge is 0.323 e. The van der Waals surface area contributed by atoms with Crippen molar-refractivity contribution in [3.8, 4) is 0 Å². The predicted octanol–water partition coefficient (Wildman–Crippen LogP) is 3.78. The molecule has 0 amide bonds. The van der Waals surface area contributed by atoms with Gasteiger partial charge in [0.2, 0.25) is 0 Å². The molecule has 0 aromatic heterocycles. The van der Waals surface area contributed by atoms with E-state index in [0.29, 0.717) is 0 Å². The minimum absolute atomic E-state index is 0.232. The minimum atomic E-state index is -1.31. The van der Waals surface area contributed by atoms with Crippen LogP contribution < -0.4 is 0 Å². The first-order chi connectivity index (χ1) is 11.0. The molecule has 0 N–H and O–H groups in total. The van der Waals surface area contributed by atoms with Gasteiger partial charge in [-0.25, -0.2) is 0 Å². The van der Waals surface area contributed by atoms with Crippen LogP contribution in [0.25, 0.3) is 6.08 Å². The predicted molar refractivity (Wildman–Crippen MR) is 90.8 cm³/mol. The average Bonchev–Trinajstić information content (AvgIpc) is 2.55. The molecule has 0 bridgehead atoms. The molecule has 0 unspecified atom stereocenters. The molecule has 1 aromatic carbocycles. The number of hydrogen-bond donors (Lipinski definition) is 0. The van der Waals surface area contributed by atoms with E-state index in [2.05, 4.69) is 19.1 Å². The summed E-state index contributed by atoms with van der Waals surface area (Å²) >= 11 is 0. The molecule has 126 valence electrons. The van der Waals surface area contributed by atoms with Gasteiger partial charge in [-0.05, 0) is 44.7 Å². The molecule has 0 fully saturated rings. The first-order valence-corrected chi connectivity index (χ1v) is 8.07. The zero-order valence-corrected chi connectivity index (χ0v) is 14.4. The highest BCUT2D eigenvalue weighted by atomic mass is 16.6. The minimum Gasteiger partial charge on any atom is -0.465 e. The number of esters is 2. The maximum atomic E-state index is 12.2. The Morgan fingerprint density at radius 1 is 1.00 bits per heavy atom. The summed E-state index contributed by atoms with van der Waals surface area (Å²) < 4.78 is 10.1. The van der Waals surface area contributed by atoms with Crippen LogP contribution >= 0.6 is 0 Å². The summed E-state index contributed by atoms with van der Waals surface area (Å²) in [5.41, 5.74) is 0.980. The summed E-state index contributed by atoms with van der Waals surface area (Å²) in [4.78, 5) is 24.3. The third-order valence-corrected chi connectivity index (χ3v) is 3.68. The topological polar surface area (TPSA) is 52.6 Å². The van der Waals surface area contributed by atoms with Gasteiger partial charge in [-0.15, -0.1) is 0 Å². The normalized spacial score (nSPS) is 11.5. The Morgan fingerprint density at radius 3 is 1.96 bits per heavy atom. The lowest BCUT2D eigenvalue weighted by molar-refractivity contribution is -0.170. The van der Waals surface area contributed by atoms with Crippen molar-refractivity contribution in [1.29, 1.82) is 0 Å². The second-order valence-electron chi connectivity index (χ2n) is 5.47. The third-order valence-electron chi connectivity index (χ3n) is 3.68. The van der Waals surface area contributed by atoms with Crippen molar-refractivity contribution in [2.24, 2.45) is 5.41 Å². The monoisotopic (exact) mass is 318 g/mol. The number of rotatable bonds is 8. The number of carbonyl (C=O) groups excluding carboxylic acids is 2. The Balaban J connectivity index is 2.85. The molecule has 0 heterocycles. The van der Waals surface area contributed by atoms with Gasteiger partial charge >= 0.3 is 11.9 Å². The quantitative estimate of drug-likeness (QED) is 0.540. The second-order valence-corrected chi connectivity index (χ2v) is 5.47. The van der Waals surface area contributed by atoms with E-state index < -0.39 is 17.4 Å². The molecule has 1 aromatic rings. The van der Waals surface area contributed by atoms with Crippen molar-refractivity contribution in [1.82, 2.24) is 0 Å². The largest absolute Gasteiger partial charge is 0.465 e. The Bertz CT molecular complexity index is 525. The molecule has 23 heavy (non-hydrogen) atoms. The van der Waals surface area contributed by atoms with E-state index in [0.717, 1.165) is 12.0 Å². The van der Waals surface area contributed by atoms with Crippen molar-refractivity contribution in [2.75, 3.05) is 13.2 Å². The summed E-state index contributed by atoms with van der Waals surface area (Å²) in [7, 11) is 0. The lowest BCUT2D eigenvalue weighted by Gasteiger charge is -2.23. The third kappa shape index (κ3) is 5.23. The van der Waals surface area contributed by atoms with E-state index in [-0.39, 0.29) is 19.6 Å². The first kappa shape index (κ1) is 18.9. The number of aryl methyl sites for hydroxylation is 1. The van der Waals surface area contributed by atoms with E-state index >= 15 is 0 Å². The van der Waals surface area contributed by atoms with Gasteiger partial charge in [-0.2, -0.15) is 0 Å². The zero-order valence-electron chi connectivity index (χ0n) is 14.4. The molecule has 4 nitrogen and oxygen atoms in total. The van der Waals surface area contributed by atoms with E-state index in [1.165, 1.54) is 5.56 Å². The van der Waals surface area contributed by atoms with Crippen molar-refractivity contribution < 1.29 is 19.1 Å². The fourth-order valence-electron chi connectivity index (χ4n) is 2.13. The van der Waals surface area contributed by atoms with Gasteiger partial charge in [0.1, 0.15) is 0 Å². The molecule has 0 atom stereocenters. The van der Waals surface area contributed by atoms with E-state index in [4.69, 9.17) is 9.47 Å². The Kier molecular flexibility index (Phi) is 7.52. The molecule has 4 heteroatoms. The van der Waals surface area contributed by atoms with Gasteiger partial charge in [0, 0.05) is 0 Å². The molecule has 0 spiro atoms. The first-order valence-electron chi connectivity index (χ1n) is 8.07. The summed E-state index contributed by atoms with van der Waals surface area (Å²) in [6, 6.07) is 8.16. The number of hydrogen-bond acceptors (Lipinski definition) is 4. The van der Waals surface area contributed by atoms with Gasteiger partial charge in [-0.3, -0.25) is 9.59 Å². The SMILES string of the molecule is CCOC(=O)C(C)(C/C=C/c1ccc(CC)cc1)C(=O)OCC. The number of carbonyl (C=O) groups is 2. The van der Waals surface area contributed by atoms with Crippen LogP contribution in [0, 0.1) is 5.41 Å². The second kappa shape index (κ2) is 9.13. The van der Waals surface area contributed by atoms with Gasteiger partial charge < -0.3 is 9.47 Å². The highest BCUT2D eigenvalue weighted by molar-refractivity contribution is 5.99. The van der Waals surface area contributed by atoms with Crippen molar-refractivity contribution >= 4 is 18.0 Å². The highest BCUT2D eigenvalue weighted by Crippen LogP contribution is 2.27. The fraction of sp³-hybridized carbons (Fsp3) is 0.474. The van der Waals surface area contributed by atoms with Crippen LogP contribution in [0.5, 0.6) is 0 Å². The van der Waals surface area contributed by atoms with Gasteiger partial charge in [0.05, 0.1) is 13.2 Å². The summed E-state index contributed by atoms with van der Waals surface area (Å²) in [5, 5.41) is 0. The van der Waals surface area contributed by atoms with Crippen LogP contribution in [0.3, 0.4) is 0 Å². The Labute approximate surface area is 138 Å². The maximum absolute atomic E-state index is 12.2. The lowest BCUT2D eigenvalue weighted by Crippen LogP contribution is -2.39. The van der Waals surface area contributed by atoms with Crippen molar-refractivity contribution in [3.63, 3.8) is 0 Å². The molecule has 0 aliphatic heterocycles. The van der Waals surface area contributed by atoms with Crippen LogP contribution in [0.1, 0.15) is 45.2 Å². The number of ether oxygens (including phenoxy) is 2. The lowest BCUT2D eigenvalue weighted by atomic mass is 9.86. The van der Waals surface area contributed by atoms with E-state index in [1.807, 2.05) is 24.3 Å². The van der Waals surface area contributed by atoms with Crippen molar-refractivity contribution in [3.05, 3.63) is 41.5 Å². The van der Waals surface area contributed by atoms with Gasteiger partial charge in [0.25, 0.3) is 0 Å². The molecule has 0 aliphatic carbocycles. The average molecular weight is 318 g/mol. The molecular weight excluding hydrogens is 292 g/mol. The standard InChI is InChI=1S/C19H26O4/c1-5-15-10-12-16(13-11-15)9-8-14-19(4,17(20)22-6-2)18(21)23-7-3/h8-13H,5-7,14H2,1-4H3/b9-8+. The Hall–Kier alpha value is -2.10. The molecule has 0 radical (unpaired) electrons. The summed E-state index contributed by atoms with van der Waals surface area (Å²) in [6.45, 7) is 7.57. The number of benzene rings is 1. The van der Waals surface area contributed by atoms with Gasteiger partial charge in [0.15, 0.2) is 5.41 Å². The summed E-state index contributed by atoms with van der Waals surface area (Å²) in [5.74, 6) is -1.10. The molecule has 1 rings (SSSR count). The molecule has 0 aliphatic rings. The highest BCUT2D eigenvalue weighted by Gasteiger charge is 2.43. The number of allylic oxidation sites excluding steroid dienone is 1. The van der Waals surface area contributed by atoms with Crippen LogP contribution in [0.2, 0.25) is 0 Å².